The highest BCUT2D eigenvalue weighted by Gasteiger charge is 2.37. The average molecular weight is 692 g/mol. The Morgan fingerprint density at radius 2 is 1.75 bits per heavy atom. The van der Waals surface area contributed by atoms with E-state index in [4.69, 9.17) is 4.74 Å². The molecule has 270 valence electrons. The van der Waals surface area contributed by atoms with Crippen LogP contribution in [0.3, 0.4) is 0 Å². The number of piperidine rings is 1. The molecule has 0 spiro atoms. The zero-order valence-corrected chi connectivity index (χ0v) is 30.6. The molecule has 1 aromatic heterocycles. The van der Waals surface area contributed by atoms with Gasteiger partial charge in [-0.25, -0.2) is 4.98 Å². The fourth-order valence-electron chi connectivity index (χ4n) is 6.84. The minimum atomic E-state index is -0.800. The molecule has 1 saturated heterocycles. The molecule has 2 aliphatic rings. The number of carboxylic acid groups (broad SMARTS) is 1. The number of carboxylic acids is 1. The number of likely N-dealkylation sites (tertiary alicyclic amines) is 1. The van der Waals surface area contributed by atoms with Gasteiger partial charge in [-0.2, -0.15) is 0 Å². The Morgan fingerprint density at radius 3 is 2.33 bits per heavy atom. The molecule has 4 atom stereocenters. The summed E-state index contributed by atoms with van der Waals surface area (Å²) in [7, 11) is 1.73. The molecule has 48 heavy (non-hydrogen) atoms. The zero-order chi connectivity index (χ0) is 35.5. The number of esters is 1. The molecule has 2 fully saturated rings. The Hall–Kier alpha value is -3.06. The summed E-state index contributed by atoms with van der Waals surface area (Å²) in [5.74, 6) is -2.50. The van der Waals surface area contributed by atoms with Crippen LogP contribution in [0.2, 0.25) is 0 Å². The summed E-state index contributed by atoms with van der Waals surface area (Å²) < 4.78 is 5.73. The van der Waals surface area contributed by atoms with Gasteiger partial charge in [0, 0.05) is 37.9 Å². The number of unbranched alkanes of at least 4 members (excludes halogenated alkanes) is 1. The minimum Gasteiger partial charge on any atom is -0.481 e. The number of thiazole rings is 1. The second kappa shape index (κ2) is 18.6. The molecule has 13 heteroatoms. The second-order valence-electron chi connectivity index (χ2n) is 14.2. The molecule has 0 aromatic carbocycles. The van der Waals surface area contributed by atoms with Crippen molar-refractivity contribution in [1.82, 2.24) is 25.4 Å². The summed E-state index contributed by atoms with van der Waals surface area (Å²) in [6, 6.07) is -1.44. The molecule has 0 radical (unpaired) electrons. The van der Waals surface area contributed by atoms with Crippen molar-refractivity contribution in [3.63, 3.8) is 0 Å². The number of nitrogens with one attached hydrogen (secondary N) is 2. The number of amides is 3. The van der Waals surface area contributed by atoms with Crippen LogP contribution in [-0.2, 0) is 23.9 Å². The molecule has 1 saturated carbocycles. The van der Waals surface area contributed by atoms with E-state index in [0.29, 0.717) is 30.7 Å². The van der Waals surface area contributed by atoms with Crippen molar-refractivity contribution < 1.29 is 33.8 Å². The van der Waals surface area contributed by atoms with Crippen LogP contribution in [0.1, 0.15) is 127 Å². The van der Waals surface area contributed by atoms with Crippen LogP contribution in [-0.4, -0.2) is 93.9 Å². The summed E-state index contributed by atoms with van der Waals surface area (Å²) >= 11 is 1.22. The van der Waals surface area contributed by atoms with Gasteiger partial charge >= 0.3 is 11.9 Å². The smallest absolute Gasteiger partial charge is 0.306 e. The number of aromatic nitrogens is 1. The van der Waals surface area contributed by atoms with E-state index in [1.807, 2.05) is 27.7 Å². The van der Waals surface area contributed by atoms with Crippen LogP contribution in [0, 0.1) is 17.8 Å². The summed E-state index contributed by atoms with van der Waals surface area (Å²) in [4.78, 5) is 72.7. The number of rotatable bonds is 16. The Bertz CT molecular complexity index is 1250. The first kappa shape index (κ1) is 39.4. The van der Waals surface area contributed by atoms with Crippen molar-refractivity contribution in [3.8, 4) is 0 Å². The average Bonchev–Trinajstić information content (AvgIpc) is 3.54. The molecule has 3 N–H and O–H groups in total. The number of hydrogen-bond acceptors (Lipinski definition) is 9. The van der Waals surface area contributed by atoms with Gasteiger partial charge in [0.2, 0.25) is 11.8 Å². The van der Waals surface area contributed by atoms with E-state index in [-0.39, 0.29) is 65.7 Å². The standard InChI is InChI=1S/C35H57N5O7S/c1-8-9-17-40-18-11-10-12-27(40)32(43)38-30(22(4)5)34(44)39(7)28(21(2)3)19-29(47-23(6)41)33-37-26(20-48-33)31(42)36-25-15-13-24(14-16-25)35(45)46/h20-22,24-25,27-30H,8-19H2,1-7H3,(H,36,42)(H,38,43)(H,45,46)/t24-,25-,27-,28?,29-,30+/m1/s1. The summed E-state index contributed by atoms with van der Waals surface area (Å²) in [5.41, 5.74) is 0.205. The molecule has 0 bridgehead atoms. The number of carbonyl (C=O) groups excluding carboxylic acids is 4. The van der Waals surface area contributed by atoms with Gasteiger partial charge in [-0.1, -0.05) is 47.5 Å². The van der Waals surface area contributed by atoms with Crippen LogP contribution >= 0.6 is 11.3 Å². The number of aliphatic carboxylic acids is 1. The van der Waals surface area contributed by atoms with Crippen molar-refractivity contribution in [2.75, 3.05) is 20.1 Å². The Kier molecular flexibility index (Phi) is 15.3. The van der Waals surface area contributed by atoms with Crippen molar-refractivity contribution >= 4 is 41.0 Å². The molecule has 1 aromatic rings. The van der Waals surface area contributed by atoms with Gasteiger partial charge in [0.15, 0.2) is 6.10 Å². The van der Waals surface area contributed by atoms with Gasteiger partial charge in [-0.15, -0.1) is 11.3 Å². The maximum Gasteiger partial charge on any atom is 0.306 e. The third-order valence-electron chi connectivity index (χ3n) is 9.77. The number of nitrogens with zero attached hydrogens (tertiary/aromatic N) is 3. The lowest BCUT2D eigenvalue weighted by atomic mass is 9.86. The summed E-state index contributed by atoms with van der Waals surface area (Å²) in [6.45, 7) is 13.1. The van der Waals surface area contributed by atoms with E-state index in [1.165, 1.54) is 18.3 Å². The second-order valence-corrected chi connectivity index (χ2v) is 15.0. The Labute approximate surface area is 289 Å². The molecule has 1 unspecified atom stereocenters. The van der Waals surface area contributed by atoms with Crippen LogP contribution in [0.25, 0.3) is 0 Å². The number of likely N-dealkylation sites (N-methyl/N-ethyl adjacent to an activating group) is 1. The van der Waals surface area contributed by atoms with Gasteiger partial charge in [0.25, 0.3) is 5.91 Å². The minimum absolute atomic E-state index is 0.0212. The largest absolute Gasteiger partial charge is 0.481 e. The molecule has 3 amide bonds. The topological polar surface area (TPSA) is 158 Å². The Balaban J connectivity index is 1.72. The number of carbonyl (C=O) groups is 5. The van der Waals surface area contributed by atoms with Crippen molar-refractivity contribution in [1.29, 1.82) is 0 Å². The monoisotopic (exact) mass is 691 g/mol. The highest BCUT2D eigenvalue weighted by atomic mass is 32.1. The number of ether oxygens (including phenoxy) is 1. The Morgan fingerprint density at radius 1 is 1.06 bits per heavy atom. The van der Waals surface area contributed by atoms with Gasteiger partial charge in [-0.05, 0) is 69.9 Å². The lowest BCUT2D eigenvalue weighted by Crippen LogP contribution is -2.58. The molecule has 1 aliphatic carbocycles. The first-order valence-corrected chi connectivity index (χ1v) is 18.6. The SMILES string of the molecule is CCCCN1CCCC[C@@H]1C(=O)N[C@H](C(=O)N(C)C(C[C@@H](OC(C)=O)c1nc(C(=O)N[C@H]2CC[C@H](C(=O)O)CC2)cs1)C(C)C)C(C)C. The third-order valence-corrected chi connectivity index (χ3v) is 10.7. The van der Waals surface area contributed by atoms with Gasteiger partial charge in [0.1, 0.15) is 16.7 Å². The van der Waals surface area contributed by atoms with Crippen molar-refractivity contribution in [3.05, 3.63) is 16.1 Å². The van der Waals surface area contributed by atoms with E-state index >= 15 is 0 Å². The maximum absolute atomic E-state index is 14.1. The van der Waals surface area contributed by atoms with Gasteiger partial charge in [-0.3, -0.25) is 28.9 Å². The lowest BCUT2D eigenvalue weighted by Gasteiger charge is -2.38. The van der Waals surface area contributed by atoms with Crippen molar-refractivity contribution in [2.45, 2.75) is 136 Å². The summed E-state index contributed by atoms with van der Waals surface area (Å²) in [6.07, 6.45) is 6.60. The van der Waals surface area contributed by atoms with Crippen molar-refractivity contribution in [2.24, 2.45) is 17.8 Å². The van der Waals surface area contributed by atoms with E-state index in [9.17, 15) is 29.1 Å². The van der Waals surface area contributed by atoms with E-state index in [2.05, 4.69) is 27.4 Å². The molecule has 2 heterocycles. The lowest BCUT2D eigenvalue weighted by molar-refractivity contribution is -0.149. The van der Waals surface area contributed by atoms with E-state index in [1.54, 1.807) is 17.3 Å². The predicted octanol–water partition coefficient (Wildman–Crippen LogP) is 4.79. The van der Waals surface area contributed by atoms with Gasteiger partial charge in [0.05, 0.1) is 12.0 Å². The fourth-order valence-corrected chi connectivity index (χ4v) is 7.68. The van der Waals surface area contributed by atoms with Crippen LogP contribution < -0.4 is 10.6 Å². The third kappa shape index (κ3) is 11.0. The van der Waals surface area contributed by atoms with Gasteiger partial charge < -0.3 is 25.4 Å². The quantitative estimate of drug-likeness (QED) is 0.207. The first-order valence-electron chi connectivity index (χ1n) is 17.7. The van der Waals surface area contributed by atoms with E-state index < -0.39 is 24.1 Å². The maximum atomic E-state index is 14.1. The zero-order valence-electron chi connectivity index (χ0n) is 29.8. The first-order chi connectivity index (χ1) is 22.7. The van der Waals surface area contributed by atoms with Crippen LogP contribution in [0.4, 0.5) is 0 Å². The molecule has 1 aliphatic heterocycles. The molecule has 3 rings (SSSR count). The van der Waals surface area contributed by atoms with E-state index in [0.717, 1.165) is 45.2 Å². The highest BCUT2D eigenvalue weighted by Crippen LogP contribution is 2.31. The fraction of sp³-hybridized carbons (Fsp3) is 0.771. The van der Waals surface area contributed by atoms with Crippen LogP contribution in [0.5, 0.6) is 0 Å². The predicted molar refractivity (Wildman–Crippen MR) is 184 cm³/mol. The summed E-state index contributed by atoms with van der Waals surface area (Å²) in [5, 5.41) is 17.4. The molecular formula is C35H57N5O7S. The number of hydrogen-bond donors (Lipinski definition) is 3. The molecule has 12 nitrogen and oxygen atoms in total. The normalized spacial score (nSPS) is 22.1. The van der Waals surface area contributed by atoms with Crippen LogP contribution in [0.15, 0.2) is 5.38 Å². The highest BCUT2D eigenvalue weighted by molar-refractivity contribution is 7.09. The molecular weight excluding hydrogens is 634 g/mol.